The van der Waals surface area contributed by atoms with Crippen LogP contribution in [-0.2, 0) is 11.3 Å². The van der Waals surface area contributed by atoms with Crippen LogP contribution in [0.4, 0.5) is 0 Å². The Bertz CT molecular complexity index is 1240. The molecule has 0 aliphatic carbocycles. The summed E-state index contributed by atoms with van der Waals surface area (Å²) in [5.41, 5.74) is 3.51. The van der Waals surface area contributed by atoms with Gasteiger partial charge in [0, 0.05) is 12.6 Å². The fraction of sp³-hybridized carbons (Fsp3) is 0.429. The van der Waals surface area contributed by atoms with Crippen molar-refractivity contribution in [3.8, 4) is 0 Å². The normalized spacial score (nSPS) is 18.4. The predicted octanol–water partition coefficient (Wildman–Crippen LogP) is 3.44. The third-order valence-electron chi connectivity index (χ3n) is 5.75. The Morgan fingerprint density at radius 1 is 1.21 bits per heavy atom. The summed E-state index contributed by atoms with van der Waals surface area (Å²) < 4.78 is 9.56. The lowest BCUT2D eigenvalue weighted by molar-refractivity contribution is 0.0987. The molecule has 1 saturated heterocycles. The van der Waals surface area contributed by atoms with Crippen molar-refractivity contribution in [2.24, 2.45) is 0 Å². The van der Waals surface area contributed by atoms with E-state index in [2.05, 4.69) is 11.9 Å². The molecule has 0 spiro atoms. The van der Waals surface area contributed by atoms with Crippen LogP contribution in [-0.4, -0.2) is 36.8 Å². The largest absolute Gasteiger partial charge is 0.376 e. The van der Waals surface area contributed by atoms with Gasteiger partial charge in [-0.15, -0.1) is 0 Å². The van der Waals surface area contributed by atoms with E-state index < -0.39 is 0 Å². The van der Waals surface area contributed by atoms with Crippen LogP contribution in [0, 0.1) is 0 Å². The van der Waals surface area contributed by atoms with Gasteiger partial charge >= 0.3 is 0 Å². The topological polar surface area (TPSA) is 74.8 Å². The van der Waals surface area contributed by atoms with E-state index in [0.29, 0.717) is 28.7 Å². The van der Waals surface area contributed by atoms with Gasteiger partial charge in [0.1, 0.15) is 17.2 Å². The molecule has 1 aliphatic rings. The summed E-state index contributed by atoms with van der Waals surface area (Å²) in [5, 5.41) is 0.550. The van der Waals surface area contributed by atoms with Crippen LogP contribution in [0.3, 0.4) is 0 Å². The molecule has 4 aromatic rings. The number of rotatable bonds is 4. The first-order valence-corrected chi connectivity index (χ1v) is 9.94. The van der Waals surface area contributed by atoms with Gasteiger partial charge in [0.05, 0.1) is 23.7 Å². The van der Waals surface area contributed by atoms with Crippen LogP contribution in [0.1, 0.15) is 39.2 Å². The van der Waals surface area contributed by atoms with Crippen molar-refractivity contribution < 1.29 is 4.74 Å². The van der Waals surface area contributed by atoms with E-state index in [4.69, 9.17) is 14.7 Å². The Balaban J connectivity index is 1.85. The van der Waals surface area contributed by atoms with E-state index in [-0.39, 0.29) is 17.7 Å². The number of para-hydroxylation sites is 2. The molecule has 28 heavy (non-hydrogen) atoms. The van der Waals surface area contributed by atoms with Gasteiger partial charge in [-0.1, -0.05) is 19.1 Å². The summed E-state index contributed by atoms with van der Waals surface area (Å²) >= 11 is 0. The summed E-state index contributed by atoms with van der Waals surface area (Å²) in [6.45, 7) is 5.51. The molecule has 7 heteroatoms. The maximum atomic E-state index is 13.3. The first-order valence-electron chi connectivity index (χ1n) is 9.94. The highest BCUT2D eigenvalue weighted by Crippen LogP contribution is 2.27. The molecular weight excluding hydrogens is 354 g/mol. The van der Waals surface area contributed by atoms with Crippen LogP contribution < -0.4 is 5.56 Å². The maximum Gasteiger partial charge on any atom is 0.265 e. The van der Waals surface area contributed by atoms with E-state index in [1.807, 2.05) is 35.8 Å². The number of aromatic nitrogens is 5. The number of hydrogen-bond acceptors (Lipinski definition) is 5. The zero-order valence-electron chi connectivity index (χ0n) is 16.1. The zero-order chi connectivity index (χ0) is 19.3. The minimum atomic E-state index is -0.0555. The molecule has 0 saturated carbocycles. The van der Waals surface area contributed by atoms with Gasteiger partial charge in [0.15, 0.2) is 11.3 Å². The minimum Gasteiger partial charge on any atom is -0.376 e. The molecule has 0 radical (unpaired) electrons. The standard InChI is InChI=1S/C21H23N5O2/c1-3-13(2)26-12-22-19-17(21(26)27)18-20(25(19)11-14-7-6-10-28-14)24-16-9-5-4-8-15(16)23-18/h4-5,8-9,12-14H,3,6-7,10-11H2,1-2H3/t13-,14-/m0/s1. The first kappa shape index (κ1) is 17.3. The van der Waals surface area contributed by atoms with Crippen molar-refractivity contribution >= 4 is 33.2 Å². The van der Waals surface area contributed by atoms with Gasteiger partial charge in [-0.2, -0.15) is 0 Å². The highest BCUT2D eigenvalue weighted by molar-refractivity contribution is 6.04. The first-order chi connectivity index (χ1) is 13.7. The Labute approximate surface area is 162 Å². The van der Waals surface area contributed by atoms with E-state index in [9.17, 15) is 4.79 Å². The molecule has 0 N–H and O–H groups in total. The van der Waals surface area contributed by atoms with Crippen LogP contribution in [0.5, 0.6) is 0 Å². The van der Waals surface area contributed by atoms with Crippen molar-refractivity contribution in [2.75, 3.05) is 6.61 Å². The molecule has 2 atom stereocenters. The van der Waals surface area contributed by atoms with Crippen molar-refractivity contribution in [1.29, 1.82) is 0 Å². The smallest absolute Gasteiger partial charge is 0.265 e. The zero-order valence-corrected chi connectivity index (χ0v) is 16.1. The molecule has 144 valence electrons. The molecular formula is C21H23N5O2. The third-order valence-corrected chi connectivity index (χ3v) is 5.75. The second kappa shape index (κ2) is 6.67. The molecule has 1 fully saturated rings. The summed E-state index contributed by atoms with van der Waals surface area (Å²) in [6, 6.07) is 7.83. The van der Waals surface area contributed by atoms with Gasteiger partial charge in [0.2, 0.25) is 0 Å². The summed E-state index contributed by atoms with van der Waals surface area (Å²) in [4.78, 5) is 27.7. The Morgan fingerprint density at radius 2 is 2.00 bits per heavy atom. The highest BCUT2D eigenvalue weighted by atomic mass is 16.5. The average Bonchev–Trinajstić information content (AvgIpc) is 3.33. The maximum absolute atomic E-state index is 13.3. The van der Waals surface area contributed by atoms with E-state index in [0.717, 1.165) is 36.9 Å². The SMILES string of the molecule is CC[C@H](C)n1cnc2c(c1=O)c1nc3ccccc3nc1n2C[C@@H]1CCCO1. The lowest BCUT2D eigenvalue weighted by atomic mass is 10.2. The predicted molar refractivity (Wildman–Crippen MR) is 109 cm³/mol. The molecule has 4 heterocycles. The van der Waals surface area contributed by atoms with Gasteiger partial charge in [-0.05, 0) is 38.3 Å². The van der Waals surface area contributed by atoms with Gasteiger partial charge in [-0.3, -0.25) is 9.36 Å². The number of nitrogens with zero attached hydrogens (tertiary/aromatic N) is 5. The molecule has 7 nitrogen and oxygen atoms in total. The molecule has 5 rings (SSSR count). The fourth-order valence-electron chi connectivity index (χ4n) is 3.99. The minimum absolute atomic E-state index is 0.0555. The van der Waals surface area contributed by atoms with Crippen LogP contribution in [0.25, 0.3) is 33.2 Å². The molecule has 0 bridgehead atoms. The summed E-state index contributed by atoms with van der Waals surface area (Å²) in [5.74, 6) is 0. The second-order valence-corrected chi connectivity index (χ2v) is 7.54. The summed E-state index contributed by atoms with van der Waals surface area (Å²) in [7, 11) is 0. The lowest BCUT2D eigenvalue weighted by Crippen LogP contribution is -2.24. The Hall–Kier alpha value is -2.80. The van der Waals surface area contributed by atoms with E-state index in [1.54, 1.807) is 10.9 Å². The lowest BCUT2D eigenvalue weighted by Gasteiger charge is -2.14. The van der Waals surface area contributed by atoms with Gasteiger partial charge in [0.25, 0.3) is 5.56 Å². The van der Waals surface area contributed by atoms with E-state index >= 15 is 0 Å². The van der Waals surface area contributed by atoms with Crippen LogP contribution in [0.2, 0.25) is 0 Å². The number of hydrogen-bond donors (Lipinski definition) is 0. The van der Waals surface area contributed by atoms with Crippen LogP contribution in [0.15, 0.2) is 35.4 Å². The fourth-order valence-corrected chi connectivity index (χ4v) is 3.99. The second-order valence-electron chi connectivity index (χ2n) is 7.54. The highest BCUT2D eigenvalue weighted by Gasteiger charge is 2.24. The Kier molecular flexibility index (Phi) is 4.12. The number of benzene rings is 1. The van der Waals surface area contributed by atoms with Gasteiger partial charge < -0.3 is 9.30 Å². The quantitative estimate of drug-likeness (QED) is 0.545. The van der Waals surface area contributed by atoms with Gasteiger partial charge in [-0.25, -0.2) is 15.0 Å². The molecule has 0 unspecified atom stereocenters. The average molecular weight is 377 g/mol. The van der Waals surface area contributed by atoms with Crippen molar-refractivity contribution in [3.63, 3.8) is 0 Å². The van der Waals surface area contributed by atoms with Crippen molar-refractivity contribution in [2.45, 2.75) is 51.8 Å². The number of ether oxygens (including phenoxy) is 1. The number of fused-ring (bicyclic) bond motifs is 4. The molecule has 3 aromatic heterocycles. The summed E-state index contributed by atoms with van der Waals surface area (Å²) in [6.07, 6.45) is 4.70. The molecule has 1 aromatic carbocycles. The third kappa shape index (κ3) is 2.61. The van der Waals surface area contributed by atoms with Crippen molar-refractivity contribution in [1.82, 2.24) is 24.1 Å². The van der Waals surface area contributed by atoms with Crippen molar-refractivity contribution in [3.05, 3.63) is 40.9 Å². The van der Waals surface area contributed by atoms with E-state index in [1.165, 1.54) is 0 Å². The monoisotopic (exact) mass is 377 g/mol. The Morgan fingerprint density at radius 3 is 2.71 bits per heavy atom. The van der Waals surface area contributed by atoms with Crippen LogP contribution >= 0.6 is 0 Å². The molecule has 0 amide bonds. The molecule has 1 aliphatic heterocycles.